The molecule has 1 amide bonds. The lowest BCUT2D eigenvalue weighted by Crippen LogP contribution is -2.44. The normalized spacial score (nSPS) is 24.7. The number of nitrogens with one attached hydrogen (secondary N) is 1. The van der Waals surface area contributed by atoms with Crippen LogP contribution < -0.4 is 4.72 Å². The van der Waals surface area contributed by atoms with Gasteiger partial charge in [-0.05, 0) is 23.3 Å². The molecule has 0 radical (unpaired) electrons. The zero-order valence-corrected chi connectivity index (χ0v) is 11.0. The molecule has 2 heterocycles. The number of rotatable bonds is 2. The van der Waals surface area contributed by atoms with E-state index in [0.717, 1.165) is 0 Å². The molecule has 2 aliphatic rings. The first-order chi connectivity index (χ1) is 9.04. The quantitative estimate of drug-likeness (QED) is 0.668. The summed E-state index contributed by atoms with van der Waals surface area (Å²) in [6.45, 7) is 0.833. The van der Waals surface area contributed by atoms with Gasteiger partial charge >= 0.3 is 0 Å². The van der Waals surface area contributed by atoms with E-state index in [-0.39, 0.29) is 24.7 Å². The van der Waals surface area contributed by atoms with E-state index >= 15 is 0 Å². The standard InChI is InChI=1S/C9H14N6O3S/c16-8(9(1-2-9)15-7-10-12-13-15)14-4-3-11-19(17,18)6-5-14/h7,11H,1-6H2. The van der Waals surface area contributed by atoms with Crippen LogP contribution in [0.5, 0.6) is 0 Å². The van der Waals surface area contributed by atoms with Crippen molar-refractivity contribution < 1.29 is 13.2 Å². The molecule has 19 heavy (non-hydrogen) atoms. The Morgan fingerprint density at radius 1 is 1.32 bits per heavy atom. The maximum Gasteiger partial charge on any atom is 0.250 e. The largest absolute Gasteiger partial charge is 0.338 e. The van der Waals surface area contributed by atoms with E-state index in [1.807, 2.05) is 0 Å². The number of aromatic nitrogens is 4. The Balaban J connectivity index is 1.78. The molecule has 1 N–H and O–H groups in total. The van der Waals surface area contributed by atoms with Crippen LogP contribution in [-0.4, -0.2) is 64.8 Å². The molecule has 1 aliphatic heterocycles. The minimum absolute atomic E-state index is 0.0651. The molecule has 3 rings (SSSR count). The predicted molar refractivity (Wildman–Crippen MR) is 63.4 cm³/mol. The molecule has 1 aromatic heterocycles. The number of amides is 1. The van der Waals surface area contributed by atoms with Crippen LogP contribution in [0, 0.1) is 0 Å². The number of hydrogen-bond acceptors (Lipinski definition) is 6. The number of sulfonamides is 1. The summed E-state index contributed by atoms with van der Waals surface area (Å²) < 4.78 is 26.8. The van der Waals surface area contributed by atoms with E-state index < -0.39 is 15.6 Å². The van der Waals surface area contributed by atoms with Gasteiger partial charge in [-0.1, -0.05) is 0 Å². The summed E-state index contributed by atoms with van der Waals surface area (Å²) in [6, 6.07) is 0. The van der Waals surface area contributed by atoms with Crippen LogP contribution in [-0.2, 0) is 20.4 Å². The summed E-state index contributed by atoms with van der Waals surface area (Å²) in [4.78, 5) is 14.1. The van der Waals surface area contributed by atoms with E-state index in [1.165, 1.54) is 11.0 Å². The number of tetrazole rings is 1. The van der Waals surface area contributed by atoms with Gasteiger partial charge in [0.1, 0.15) is 11.9 Å². The molecule has 1 saturated carbocycles. The molecule has 1 saturated heterocycles. The molecule has 104 valence electrons. The van der Waals surface area contributed by atoms with E-state index in [0.29, 0.717) is 19.4 Å². The Hall–Kier alpha value is -1.55. The summed E-state index contributed by atoms with van der Waals surface area (Å²) in [7, 11) is -3.26. The molecular formula is C9H14N6O3S. The van der Waals surface area contributed by atoms with E-state index in [4.69, 9.17) is 0 Å². The highest BCUT2D eigenvalue weighted by molar-refractivity contribution is 7.89. The maximum absolute atomic E-state index is 12.5. The minimum Gasteiger partial charge on any atom is -0.338 e. The van der Waals surface area contributed by atoms with Crippen LogP contribution in [0.2, 0.25) is 0 Å². The highest BCUT2D eigenvalue weighted by atomic mass is 32.2. The van der Waals surface area contributed by atoms with Crippen molar-refractivity contribution in [1.82, 2.24) is 29.8 Å². The fourth-order valence-corrected chi connectivity index (χ4v) is 3.27. The Morgan fingerprint density at radius 3 is 2.74 bits per heavy atom. The molecule has 0 unspecified atom stereocenters. The van der Waals surface area contributed by atoms with Crippen LogP contribution in [0.3, 0.4) is 0 Å². The van der Waals surface area contributed by atoms with Crippen molar-refractivity contribution in [1.29, 1.82) is 0 Å². The number of hydrogen-bond donors (Lipinski definition) is 1. The van der Waals surface area contributed by atoms with Crippen LogP contribution in [0.4, 0.5) is 0 Å². The lowest BCUT2D eigenvalue weighted by Gasteiger charge is -2.24. The zero-order valence-electron chi connectivity index (χ0n) is 10.2. The molecule has 0 bridgehead atoms. The van der Waals surface area contributed by atoms with Gasteiger partial charge in [0, 0.05) is 19.6 Å². The molecule has 1 aromatic rings. The fourth-order valence-electron chi connectivity index (χ4n) is 2.26. The smallest absolute Gasteiger partial charge is 0.250 e. The van der Waals surface area contributed by atoms with Crippen molar-refractivity contribution in [3.63, 3.8) is 0 Å². The highest BCUT2D eigenvalue weighted by Gasteiger charge is 2.55. The third-order valence-electron chi connectivity index (χ3n) is 3.53. The summed E-state index contributed by atoms with van der Waals surface area (Å²) in [5, 5.41) is 10.9. The molecule has 0 aromatic carbocycles. The van der Waals surface area contributed by atoms with E-state index in [2.05, 4.69) is 20.2 Å². The second-order valence-electron chi connectivity index (χ2n) is 4.79. The molecular weight excluding hydrogens is 272 g/mol. The average Bonchev–Trinajstić information content (AvgIpc) is 3.04. The van der Waals surface area contributed by atoms with Gasteiger partial charge in [-0.2, -0.15) is 0 Å². The summed E-state index contributed by atoms with van der Waals surface area (Å²) in [5.41, 5.74) is -0.697. The first-order valence-corrected chi connectivity index (χ1v) is 7.69. The van der Waals surface area contributed by atoms with Crippen LogP contribution >= 0.6 is 0 Å². The third-order valence-corrected chi connectivity index (χ3v) is 4.89. The first kappa shape index (κ1) is 12.5. The lowest BCUT2D eigenvalue weighted by molar-refractivity contribution is -0.136. The Labute approximate surface area is 110 Å². The molecule has 2 fully saturated rings. The molecule has 0 spiro atoms. The van der Waals surface area contributed by atoms with Gasteiger partial charge < -0.3 is 4.90 Å². The fraction of sp³-hybridized carbons (Fsp3) is 0.778. The first-order valence-electron chi connectivity index (χ1n) is 6.04. The van der Waals surface area contributed by atoms with Crippen molar-refractivity contribution in [2.24, 2.45) is 0 Å². The van der Waals surface area contributed by atoms with Gasteiger partial charge in [0.05, 0.1) is 5.75 Å². The monoisotopic (exact) mass is 286 g/mol. The number of nitrogens with zero attached hydrogens (tertiary/aromatic N) is 5. The summed E-state index contributed by atoms with van der Waals surface area (Å²) >= 11 is 0. The van der Waals surface area contributed by atoms with Gasteiger partial charge in [-0.15, -0.1) is 5.10 Å². The van der Waals surface area contributed by atoms with Gasteiger partial charge in [0.2, 0.25) is 10.0 Å². The SMILES string of the molecule is O=C(N1CCNS(=O)(=O)CC1)C1(n2cnnn2)CC1. The van der Waals surface area contributed by atoms with Crippen molar-refractivity contribution in [3.8, 4) is 0 Å². The summed E-state index contributed by atoms with van der Waals surface area (Å²) in [6.07, 6.45) is 2.80. The average molecular weight is 286 g/mol. The van der Waals surface area contributed by atoms with Crippen LogP contribution in [0.1, 0.15) is 12.8 Å². The molecule has 10 heteroatoms. The number of carbonyl (C=O) groups excluding carboxylic acids is 1. The Bertz CT molecular complexity index is 579. The Kier molecular flexibility index (Phi) is 2.78. The second kappa shape index (κ2) is 4.23. The van der Waals surface area contributed by atoms with Gasteiger partial charge in [-0.25, -0.2) is 17.8 Å². The minimum atomic E-state index is -3.26. The zero-order chi connectivity index (χ0) is 13.5. The van der Waals surface area contributed by atoms with Crippen molar-refractivity contribution in [2.45, 2.75) is 18.4 Å². The van der Waals surface area contributed by atoms with E-state index in [9.17, 15) is 13.2 Å². The molecule has 9 nitrogen and oxygen atoms in total. The Morgan fingerprint density at radius 2 is 2.11 bits per heavy atom. The topological polar surface area (TPSA) is 110 Å². The highest BCUT2D eigenvalue weighted by Crippen LogP contribution is 2.44. The van der Waals surface area contributed by atoms with Crippen LogP contribution in [0.15, 0.2) is 6.33 Å². The van der Waals surface area contributed by atoms with Gasteiger partial charge in [0.15, 0.2) is 0 Å². The molecule has 0 atom stereocenters. The second-order valence-corrected chi connectivity index (χ2v) is 6.72. The van der Waals surface area contributed by atoms with Crippen molar-refractivity contribution >= 4 is 15.9 Å². The van der Waals surface area contributed by atoms with Crippen LogP contribution in [0.25, 0.3) is 0 Å². The van der Waals surface area contributed by atoms with Gasteiger partial charge in [0.25, 0.3) is 5.91 Å². The van der Waals surface area contributed by atoms with Crippen molar-refractivity contribution in [3.05, 3.63) is 6.33 Å². The predicted octanol–water partition coefficient (Wildman–Crippen LogP) is -2.08. The van der Waals surface area contributed by atoms with E-state index in [1.54, 1.807) is 4.90 Å². The third kappa shape index (κ3) is 2.21. The van der Waals surface area contributed by atoms with Crippen molar-refractivity contribution in [2.75, 3.05) is 25.4 Å². The van der Waals surface area contributed by atoms with Gasteiger partial charge in [-0.3, -0.25) is 4.79 Å². The summed E-state index contributed by atoms with van der Waals surface area (Å²) in [5.74, 6) is -0.163. The molecule has 1 aliphatic carbocycles. The lowest BCUT2D eigenvalue weighted by atomic mass is 10.2. The number of carbonyl (C=O) groups is 1. The maximum atomic E-state index is 12.5.